The molecule has 1 aromatic carbocycles. The van der Waals surface area contributed by atoms with Gasteiger partial charge in [0.1, 0.15) is 11.6 Å². The fourth-order valence-electron chi connectivity index (χ4n) is 2.93. The number of para-hydroxylation sites is 1. The summed E-state index contributed by atoms with van der Waals surface area (Å²) >= 11 is 0. The lowest BCUT2D eigenvalue weighted by molar-refractivity contribution is 0.311. The van der Waals surface area contributed by atoms with E-state index in [1.54, 1.807) is 6.26 Å². The maximum atomic E-state index is 5.40. The van der Waals surface area contributed by atoms with Gasteiger partial charge < -0.3 is 19.5 Å². The molecule has 2 aromatic heterocycles. The van der Waals surface area contributed by atoms with Crippen LogP contribution in [-0.2, 0) is 6.54 Å². The van der Waals surface area contributed by atoms with Crippen molar-refractivity contribution >= 4 is 47.5 Å². The van der Waals surface area contributed by atoms with Crippen molar-refractivity contribution < 1.29 is 4.42 Å². The highest BCUT2D eigenvalue weighted by molar-refractivity contribution is 5.90. The number of nitrogens with zero attached hydrogens (tertiary/aromatic N) is 4. The number of furan rings is 1. The number of aromatic nitrogens is 2. The summed E-state index contributed by atoms with van der Waals surface area (Å²) in [6.07, 6.45) is 1.69. The van der Waals surface area contributed by atoms with Gasteiger partial charge in [-0.2, -0.15) is 4.98 Å². The number of halogens is 2. The van der Waals surface area contributed by atoms with Gasteiger partial charge in [-0.05, 0) is 31.3 Å². The number of benzene rings is 1. The van der Waals surface area contributed by atoms with Crippen LogP contribution in [0.3, 0.4) is 0 Å². The molecule has 1 fully saturated rings. The lowest BCUT2D eigenvalue weighted by Gasteiger charge is -2.32. The molecule has 1 aliphatic rings. The molecule has 0 aliphatic carbocycles. The molecule has 6 nitrogen and oxygen atoms in total. The Morgan fingerprint density at radius 2 is 1.77 bits per heavy atom. The van der Waals surface area contributed by atoms with E-state index in [-0.39, 0.29) is 24.8 Å². The lowest BCUT2D eigenvalue weighted by atomic mass is 10.2. The van der Waals surface area contributed by atoms with Gasteiger partial charge in [0.25, 0.3) is 0 Å². The average molecular weight is 396 g/mol. The summed E-state index contributed by atoms with van der Waals surface area (Å²) < 4.78 is 5.40. The van der Waals surface area contributed by atoms with Gasteiger partial charge >= 0.3 is 0 Å². The van der Waals surface area contributed by atoms with Crippen molar-refractivity contribution in [2.45, 2.75) is 6.54 Å². The van der Waals surface area contributed by atoms with Gasteiger partial charge in [0.05, 0.1) is 18.3 Å². The highest BCUT2D eigenvalue weighted by Gasteiger charge is 2.18. The standard InChI is InChI=1S/C18H21N5O.2ClH/c1-22-8-10-23(11-9-22)18-20-16-7-3-2-6-15(16)17(21-18)19-13-14-5-4-12-24-14;;/h2-7,12H,8-11,13H2,1H3,(H,19,20,21);2*1H. The second kappa shape index (κ2) is 9.07. The first-order chi connectivity index (χ1) is 11.8. The number of fused-ring (bicyclic) bond motifs is 1. The summed E-state index contributed by atoms with van der Waals surface area (Å²) in [4.78, 5) is 14.1. The zero-order valence-corrected chi connectivity index (χ0v) is 16.2. The Morgan fingerprint density at radius 1 is 1.00 bits per heavy atom. The number of nitrogens with one attached hydrogen (secondary N) is 1. The number of hydrogen-bond donors (Lipinski definition) is 1. The van der Waals surface area contributed by atoms with E-state index in [1.807, 2.05) is 36.4 Å². The van der Waals surface area contributed by atoms with E-state index >= 15 is 0 Å². The van der Waals surface area contributed by atoms with Crippen molar-refractivity contribution in [3.8, 4) is 0 Å². The summed E-state index contributed by atoms with van der Waals surface area (Å²) in [5.74, 6) is 2.54. The summed E-state index contributed by atoms with van der Waals surface area (Å²) in [6.45, 7) is 4.58. The minimum atomic E-state index is 0. The molecular formula is C18H23Cl2N5O. The van der Waals surface area contributed by atoms with Crippen molar-refractivity contribution in [1.82, 2.24) is 14.9 Å². The molecule has 1 aliphatic heterocycles. The summed E-state index contributed by atoms with van der Waals surface area (Å²) in [5.41, 5.74) is 0.961. The van der Waals surface area contributed by atoms with E-state index in [1.165, 1.54) is 0 Å². The Hall–Kier alpha value is -2.02. The Kier molecular flexibility index (Phi) is 7.08. The van der Waals surface area contributed by atoms with E-state index in [4.69, 9.17) is 14.4 Å². The quantitative estimate of drug-likeness (QED) is 0.729. The van der Waals surface area contributed by atoms with Crippen molar-refractivity contribution in [2.24, 2.45) is 0 Å². The molecule has 1 saturated heterocycles. The SMILES string of the molecule is CN1CCN(c2nc(NCc3ccco3)c3ccccc3n2)CC1.Cl.Cl. The molecule has 8 heteroatoms. The summed E-state index contributed by atoms with van der Waals surface area (Å²) in [5, 5.41) is 4.43. The fourth-order valence-corrected chi connectivity index (χ4v) is 2.93. The van der Waals surface area contributed by atoms with Crippen LogP contribution in [0.2, 0.25) is 0 Å². The number of hydrogen-bond acceptors (Lipinski definition) is 6. The highest BCUT2D eigenvalue weighted by atomic mass is 35.5. The van der Waals surface area contributed by atoms with E-state index in [2.05, 4.69) is 22.2 Å². The molecule has 3 heterocycles. The van der Waals surface area contributed by atoms with Crippen LogP contribution in [0.4, 0.5) is 11.8 Å². The van der Waals surface area contributed by atoms with Gasteiger partial charge in [0.15, 0.2) is 0 Å². The molecule has 4 rings (SSSR count). The van der Waals surface area contributed by atoms with Crippen LogP contribution in [0.15, 0.2) is 47.1 Å². The Balaban J connectivity index is 0.00000121. The molecular weight excluding hydrogens is 373 g/mol. The number of anilines is 2. The molecule has 0 atom stereocenters. The predicted octanol–water partition coefficient (Wildman–Crippen LogP) is 3.43. The summed E-state index contributed by atoms with van der Waals surface area (Å²) in [6, 6.07) is 12.0. The van der Waals surface area contributed by atoms with Crippen molar-refractivity contribution in [3.63, 3.8) is 0 Å². The minimum absolute atomic E-state index is 0. The molecule has 0 radical (unpaired) electrons. The molecule has 1 N–H and O–H groups in total. The van der Waals surface area contributed by atoms with E-state index in [0.29, 0.717) is 6.54 Å². The topological polar surface area (TPSA) is 57.4 Å². The molecule has 26 heavy (non-hydrogen) atoms. The first-order valence-electron chi connectivity index (χ1n) is 8.26. The zero-order valence-electron chi connectivity index (χ0n) is 14.6. The van der Waals surface area contributed by atoms with Gasteiger partial charge in [-0.15, -0.1) is 24.8 Å². The highest BCUT2D eigenvalue weighted by Crippen LogP contribution is 2.24. The maximum Gasteiger partial charge on any atom is 0.227 e. The normalized spacial score (nSPS) is 14.6. The third-order valence-electron chi connectivity index (χ3n) is 4.39. The van der Waals surface area contributed by atoms with Crippen LogP contribution in [0, 0.1) is 0 Å². The van der Waals surface area contributed by atoms with Crippen LogP contribution in [0.25, 0.3) is 10.9 Å². The fraction of sp³-hybridized carbons (Fsp3) is 0.333. The molecule has 0 saturated carbocycles. The first-order valence-corrected chi connectivity index (χ1v) is 8.26. The first kappa shape index (κ1) is 20.3. The van der Waals surface area contributed by atoms with Crippen LogP contribution >= 0.6 is 24.8 Å². The molecule has 0 spiro atoms. The van der Waals surface area contributed by atoms with Crippen molar-refractivity contribution in [2.75, 3.05) is 43.4 Å². The number of piperazine rings is 1. The predicted molar refractivity (Wildman–Crippen MR) is 110 cm³/mol. The minimum Gasteiger partial charge on any atom is -0.467 e. The third-order valence-corrected chi connectivity index (χ3v) is 4.39. The van der Waals surface area contributed by atoms with Gasteiger partial charge in [0, 0.05) is 31.6 Å². The third kappa shape index (κ3) is 4.38. The van der Waals surface area contributed by atoms with Gasteiger partial charge in [-0.25, -0.2) is 4.98 Å². The van der Waals surface area contributed by atoms with Crippen LogP contribution in [-0.4, -0.2) is 48.1 Å². The largest absolute Gasteiger partial charge is 0.467 e. The van der Waals surface area contributed by atoms with Crippen molar-refractivity contribution in [1.29, 1.82) is 0 Å². The number of likely N-dealkylation sites (N-methyl/N-ethyl adjacent to an activating group) is 1. The van der Waals surface area contributed by atoms with Crippen molar-refractivity contribution in [3.05, 3.63) is 48.4 Å². The van der Waals surface area contributed by atoms with Crippen LogP contribution in [0.5, 0.6) is 0 Å². The summed E-state index contributed by atoms with van der Waals surface area (Å²) in [7, 11) is 2.15. The van der Waals surface area contributed by atoms with Gasteiger partial charge in [-0.1, -0.05) is 12.1 Å². The molecule has 0 bridgehead atoms. The Labute approximate surface area is 165 Å². The second-order valence-electron chi connectivity index (χ2n) is 6.11. The van der Waals surface area contributed by atoms with Crippen LogP contribution in [0.1, 0.15) is 5.76 Å². The van der Waals surface area contributed by atoms with E-state index in [9.17, 15) is 0 Å². The molecule has 0 unspecified atom stereocenters. The average Bonchev–Trinajstić information content (AvgIpc) is 3.13. The monoisotopic (exact) mass is 395 g/mol. The van der Waals surface area contributed by atoms with Gasteiger partial charge in [-0.3, -0.25) is 0 Å². The molecule has 3 aromatic rings. The smallest absolute Gasteiger partial charge is 0.227 e. The molecule has 140 valence electrons. The van der Waals surface area contributed by atoms with Gasteiger partial charge in [0.2, 0.25) is 5.95 Å². The molecule has 0 amide bonds. The van der Waals surface area contributed by atoms with E-state index < -0.39 is 0 Å². The Bertz CT molecular complexity index is 820. The number of rotatable bonds is 4. The van der Waals surface area contributed by atoms with E-state index in [0.717, 1.165) is 54.6 Å². The van der Waals surface area contributed by atoms with Crippen LogP contribution < -0.4 is 10.2 Å². The zero-order chi connectivity index (χ0) is 16.4. The maximum absolute atomic E-state index is 5.40. The second-order valence-corrected chi connectivity index (χ2v) is 6.11. The Morgan fingerprint density at radius 3 is 2.50 bits per heavy atom. The lowest BCUT2D eigenvalue weighted by Crippen LogP contribution is -2.45.